The van der Waals surface area contributed by atoms with Crippen LogP contribution in [0.3, 0.4) is 0 Å². The molecule has 0 saturated heterocycles. The third kappa shape index (κ3) is 3.62. The summed E-state index contributed by atoms with van der Waals surface area (Å²) in [6, 6.07) is 25.9. The summed E-state index contributed by atoms with van der Waals surface area (Å²) in [7, 11) is 0. The number of aromatic nitrogens is 1. The van der Waals surface area contributed by atoms with Crippen molar-refractivity contribution >= 4 is 32.6 Å². The zero-order chi connectivity index (χ0) is 18.6. The number of nitrogens with zero attached hydrogens (tertiary/aromatic N) is 1. The fraction of sp³-hybridized carbons (Fsp3) is 0.130. The number of hydrogen-bond acceptors (Lipinski definition) is 3. The number of benzene rings is 3. The Morgan fingerprint density at radius 3 is 2.15 bits per heavy atom. The Hall–Kier alpha value is -2.98. The number of amides is 1. The van der Waals surface area contributed by atoms with Crippen LogP contribution in [0.25, 0.3) is 10.2 Å². The molecule has 0 saturated carbocycles. The molecule has 1 aromatic heterocycles. The summed E-state index contributed by atoms with van der Waals surface area (Å²) in [5.41, 5.74) is 4.12. The highest BCUT2D eigenvalue weighted by Gasteiger charge is 2.23. The number of nitrogens with one attached hydrogen (secondary N) is 1. The topological polar surface area (TPSA) is 42.0 Å². The highest BCUT2D eigenvalue weighted by molar-refractivity contribution is 7.22. The largest absolute Gasteiger partial charge is 0.301 e. The molecule has 27 heavy (non-hydrogen) atoms. The lowest BCUT2D eigenvalue weighted by Gasteiger charge is -2.17. The lowest BCUT2D eigenvalue weighted by molar-refractivity contribution is -0.116. The van der Waals surface area contributed by atoms with Gasteiger partial charge >= 0.3 is 0 Å². The summed E-state index contributed by atoms with van der Waals surface area (Å²) in [5, 5.41) is 3.69. The maximum absolute atomic E-state index is 13.2. The number of anilines is 1. The van der Waals surface area contributed by atoms with Gasteiger partial charge in [-0.3, -0.25) is 4.79 Å². The number of hydrogen-bond donors (Lipinski definition) is 1. The standard InChI is InChI=1S/C23H20N2OS/c1-2-16-14-9-15-19-21(16)24-23(27-19)25-22(26)20(17-10-5-3-6-11-17)18-12-7-4-8-13-18/h3-15,20H,2H2,1H3,(H,24,25,26). The quantitative estimate of drug-likeness (QED) is 0.493. The minimum Gasteiger partial charge on any atom is -0.301 e. The summed E-state index contributed by atoms with van der Waals surface area (Å²) in [5.74, 6) is -0.436. The third-order valence-electron chi connectivity index (χ3n) is 4.64. The van der Waals surface area contributed by atoms with E-state index in [-0.39, 0.29) is 11.8 Å². The van der Waals surface area contributed by atoms with Crippen LogP contribution in [0.15, 0.2) is 78.9 Å². The van der Waals surface area contributed by atoms with Gasteiger partial charge in [-0.15, -0.1) is 0 Å². The van der Waals surface area contributed by atoms with Crippen LogP contribution < -0.4 is 5.32 Å². The molecule has 1 N–H and O–H groups in total. The van der Waals surface area contributed by atoms with Crippen molar-refractivity contribution in [2.45, 2.75) is 19.3 Å². The Bertz CT molecular complexity index is 1020. The van der Waals surface area contributed by atoms with Crippen molar-refractivity contribution in [3.63, 3.8) is 0 Å². The van der Waals surface area contributed by atoms with Crippen LogP contribution in [0.1, 0.15) is 29.5 Å². The van der Waals surface area contributed by atoms with Crippen molar-refractivity contribution in [3.8, 4) is 0 Å². The molecule has 0 aliphatic heterocycles. The Morgan fingerprint density at radius 2 is 1.56 bits per heavy atom. The van der Waals surface area contributed by atoms with Crippen molar-refractivity contribution in [2.24, 2.45) is 0 Å². The molecule has 4 aromatic rings. The summed E-state index contributed by atoms with van der Waals surface area (Å²) in [4.78, 5) is 17.9. The van der Waals surface area contributed by atoms with E-state index in [1.807, 2.05) is 72.8 Å². The number of aryl methyl sites for hydroxylation is 1. The van der Waals surface area contributed by atoms with Crippen LogP contribution in [0.4, 0.5) is 5.13 Å². The monoisotopic (exact) mass is 372 g/mol. The van der Waals surface area contributed by atoms with Crippen LogP contribution in [-0.4, -0.2) is 10.9 Å². The molecule has 134 valence electrons. The van der Waals surface area contributed by atoms with Crippen molar-refractivity contribution in [3.05, 3.63) is 95.6 Å². The number of rotatable bonds is 5. The fourth-order valence-corrected chi connectivity index (χ4v) is 4.22. The zero-order valence-corrected chi connectivity index (χ0v) is 15.9. The van der Waals surface area contributed by atoms with E-state index in [9.17, 15) is 4.79 Å². The molecule has 0 radical (unpaired) electrons. The Morgan fingerprint density at radius 1 is 0.926 bits per heavy atom. The van der Waals surface area contributed by atoms with Crippen LogP contribution in [0.5, 0.6) is 0 Å². The first-order chi connectivity index (χ1) is 13.3. The molecular weight excluding hydrogens is 352 g/mol. The Balaban J connectivity index is 1.68. The van der Waals surface area contributed by atoms with Crippen LogP contribution in [0.2, 0.25) is 0 Å². The molecule has 3 nitrogen and oxygen atoms in total. The number of carbonyl (C=O) groups excluding carboxylic acids is 1. The van der Waals surface area contributed by atoms with Gasteiger partial charge in [0.05, 0.1) is 16.1 Å². The van der Waals surface area contributed by atoms with Gasteiger partial charge in [-0.2, -0.15) is 0 Å². The Kier molecular flexibility index (Phi) is 4.99. The van der Waals surface area contributed by atoms with E-state index >= 15 is 0 Å². The van der Waals surface area contributed by atoms with Crippen molar-refractivity contribution in [1.29, 1.82) is 0 Å². The van der Waals surface area contributed by atoms with Crippen LogP contribution in [0, 0.1) is 0 Å². The van der Waals surface area contributed by atoms with E-state index in [0.29, 0.717) is 5.13 Å². The molecule has 0 atom stereocenters. The normalized spacial score (nSPS) is 11.0. The third-order valence-corrected chi connectivity index (χ3v) is 5.58. The van der Waals surface area contributed by atoms with E-state index in [4.69, 9.17) is 0 Å². The highest BCUT2D eigenvalue weighted by Crippen LogP contribution is 2.31. The summed E-state index contributed by atoms with van der Waals surface area (Å²) < 4.78 is 1.10. The smallest absolute Gasteiger partial charge is 0.238 e. The van der Waals surface area contributed by atoms with Gasteiger partial charge in [0.15, 0.2) is 5.13 Å². The zero-order valence-electron chi connectivity index (χ0n) is 15.1. The average molecular weight is 372 g/mol. The molecule has 0 bridgehead atoms. The number of thiazole rings is 1. The van der Waals surface area contributed by atoms with E-state index in [0.717, 1.165) is 27.8 Å². The van der Waals surface area contributed by atoms with Gasteiger partial charge in [-0.1, -0.05) is 91.1 Å². The molecule has 1 heterocycles. The summed E-state index contributed by atoms with van der Waals surface area (Å²) >= 11 is 1.52. The van der Waals surface area contributed by atoms with Gasteiger partial charge in [0, 0.05) is 0 Å². The minimum absolute atomic E-state index is 0.0653. The van der Waals surface area contributed by atoms with Gasteiger partial charge in [-0.05, 0) is 29.2 Å². The first-order valence-corrected chi connectivity index (χ1v) is 9.87. The van der Waals surface area contributed by atoms with E-state index < -0.39 is 0 Å². The van der Waals surface area contributed by atoms with E-state index in [1.165, 1.54) is 16.9 Å². The first-order valence-electron chi connectivity index (χ1n) is 9.05. The lowest BCUT2D eigenvalue weighted by atomic mass is 9.90. The molecule has 0 fully saturated rings. The van der Waals surface area contributed by atoms with Crippen LogP contribution >= 0.6 is 11.3 Å². The van der Waals surface area contributed by atoms with E-state index in [2.05, 4.69) is 23.3 Å². The summed E-state index contributed by atoms with van der Waals surface area (Å²) in [6.45, 7) is 2.12. The molecule has 4 rings (SSSR count). The van der Waals surface area contributed by atoms with E-state index in [1.54, 1.807) is 0 Å². The predicted octanol–water partition coefficient (Wildman–Crippen LogP) is 5.63. The van der Waals surface area contributed by atoms with Gasteiger partial charge in [0.2, 0.25) is 5.91 Å². The second kappa shape index (κ2) is 7.72. The molecule has 0 unspecified atom stereocenters. The fourth-order valence-electron chi connectivity index (χ4n) is 3.31. The highest BCUT2D eigenvalue weighted by atomic mass is 32.1. The molecule has 0 aliphatic carbocycles. The number of para-hydroxylation sites is 1. The Labute approximate surface area is 162 Å². The number of carbonyl (C=O) groups is 1. The minimum atomic E-state index is -0.370. The predicted molar refractivity (Wildman–Crippen MR) is 112 cm³/mol. The van der Waals surface area contributed by atoms with Crippen LogP contribution in [-0.2, 0) is 11.2 Å². The van der Waals surface area contributed by atoms with Gasteiger partial charge in [0.1, 0.15) is 0 Å². The second-order valence-electron chi connectivity index (χ2n) is 6.38. The molecule has 1 amide bonds. The first kappa shape index (κ1) is 17.4. The van der Waals surface area contributed by atoms with Crippen molar-refractivity contribution < 1.29 is 4.79 Å². The maximum Gasteiger partial charge on any atom is 0.238 e. The SMILES string of the molecule is CCc1cccc2sc(NC(=O)C(c3ccccc3)c3ccccc3)nc12. The average Bonchev–Trinajstić information content (AvgIpc) is 3.12. The molecule has 0 spiro atoms. The van der Waals surface area contributed by atoms with Gasteiger partial charge in [-0.25, -0.2) is 4.98 Å². The maximum atomic E-state index is 13.2. The molecular formula is C23H20N2OS. The van der Waals surface area contributed by atoms with Gasteiger partial charge < -0.3 is 5.32 Å². The van der Waals surface area contributed by atoms with Gasteiger partial charge in [0.25, 0.3) is 0 Å². The number of fused-ring (bicyclic) bond motifs is 1. The summed E-state index contributed by atoms with van der Waals surface area (Å²) in [6.07, 6.45) is 0.922. The van der Waals surface area contributed by atoms with Crippen molar-refractivity contribution in [2.75, 3.05) is 5.32 Å². The molecule has 3 aromatic carbocycles. The molecule has 0 aliphatic rings. The lowest BCUT2D eigenvalue weighted by Crippen LogP contribution is -2.22. The van der Waals surface area contributed by atoms with Crippen molar-refractivity contribution in [1.82, 2.24) is 4.98 Å². The molecule has 4 heteroatoms. The second-order valence-corrected chi connectivity index (χ2v) is 7.41.